The molecular formula is C13H16FN3O2. The standard InChI is InChI=1S/C13H16FN3O2/c14-10-3-4-12(13(6-10)17(18)19)16-7-9-2-1-5-15-11(9)8-16/h3-4,6,9,11,15H,1-2,5,7-8H2/t9-,11+/m0/s1. The molecule has 2 fully saturated rings. The van der Waals surface area contributed by atoms with Crippen LogP contribution in [0.2, 0.25) is 0 Å². The van der Waals surface area contributed by atoms with Gasteiger partial charge in [0, 0.05) is 19.1 Å². The monoisotopic (exact) mass is 265 g/mol. The molecule has 2 heterocycles. The number of piperidine rings is 1. The summed E-state index contributed by atoms with van der Waals surface area (Å²) in [5.41, 5.74) is 0.390. The third-order valence-electron chi connectivity index (χ3n) is 4.07. The maximum atomic E-state index is 13.2. The number of nitro groups is 1. The Bertz CT molecular complexity index is 495. The SMILES string of the molecule is O=[N+]([O-])c1cc(F)ccc1N1C[C@@H]2CCCN[C@@H]2C1. The second-order valence-corrected chi connectivity index (χ2v) is 5.26. The van der Waals surface area contributed by atoms with Crippen molar-refractivity contribution in [3.63, 3.8) is 0 Å². The molecule has 5 nitrogen and oxygen atoms in total. The molecule has 19 heavy (non-hydrogen) atoms. The van der Waals surface area contributed by atoms with Crippen molar-refractivity contribution in [1.82, 2.24) is 5.32 Å². The molecule has 2 saturated heterocycles. The zero-order valence-corrected chi connectivity index (χ0v) is 10.5. The van der Waals surface area contributed by atoms with E-state index in [1.54, 1.807) is 0 Å². The third kappa shape index (κ3) is 2.28. The van der Waals surface area contributed by atoms with E-state index < -0.39 is 10.7 Å². The average Bonchev–Trinajstić information content (AvgIpc) is 2.82. The van der Waals surface area contributed by atoms with Gasteiger partial charge in [0.05, 0.1) is 11.0 Å². The van der Waals surface area contributed by atoms with Crippen LogP contribution in [0.15, 0.2) is 18.2 Å². The molecule has 0 saturated carbocycles. The predicted molar refractivity (Wildman–Crippen MR) is 69.8 cm³/mol. The molecule has 0 amide bonds. The fraction of sp³-hybridized carbons (Fsp3) is 0.538. The summed E-state index contributed by atoms with van der Waals surface area (Å²) in [6.45, 7) is 2.59. The number of fused-ring (bicyclic) bond motifs is 1. The van der Waals surface area contributed by atoms with Gasteiger partial charge in [-0.25, -0.2) is 4.39 Å². The second-order valence-electron chi connectivity index (χ2n) is 5.26. The fourth-order valence-corrected chi connectivity index (χ4v) is 3.15. The Hall–Kier alpha value is -1.69. The van der Waals surface area contributed by atoms with E-state index >= 15 is 0 Å². The summed E-state index contributed by atoms with van der Waals surface area (Å²) < 4.78 is 13.2. The number of hydrogen-bond donors (Lipinski definition) is 1. The molecule has 2 atom stereocenters. The smallest absolute Gasteiger partial charge is 0.295 e. The zero-order valence-electron chi connectivity index (χ0n) is 10.5. The van der Waals surface area contributed by atoms with Gasteiger partial charge < -0.3 is 10.2 Å². The van der Waals surface area contributed by atoms with Gasteiger partial charge >= 0.3 is 0 Å². The number of anilines is 1. The van der Waals surface area contributed by atoms with E-state index in [1.165, 1.54) is 12.1 Å². The van der Waals surface area contributed by atoms with Gasteiger partial charge in [0.15, 0.2) is 0 Å². The van der Waals surface area contributed by atoms with Gasteiger partial charge in [-0.1, -0.05) is 0 Å². The Morgan fingerprint density at radius 3 is 3.00 bits per heavy atom. The highest BCUT2D eigenvalue weighted by molar-refractivity contribution is 5.64. The lowest BCUT2D eigenvalue weighted by atomic mass is 9.94. The van der Waals surface area contributed by atoms with Crippen molar-refractivity contribution >= 4 is 11.4 Å². The van der Waals surface area contributed by atoms with Crippen LogP contribution in [-0.4, -0.2) is 30.6 Å². The number of nitrogens with one attached hydrogen (secondary N) is 1. The largest absolute Gasteiger partial charge is 0.364 e. The quantitative estimate of drug-likeness (QED) is 0.655. The Labute approximate surface area is 110 Å². The number of hydrogen-bond acceptors (Lipinski definition) is 4. The minimum Gasteiger partial charge on any atom is -0.364 e. The maximum absolute atomic E-state index is 13.2. The number of nitrogens with zero attached hydrogens (tertiary/aromatic N) is 2. The van der Waals surface area contributed by atoms with E-state index in [-0.39, 0.29) is 5.69 Å². The number of nitro benzene ring substituents is 1. The van der Waals surface area contributed by atoms with Crippen LogP contribution < -0.4 is 10.2 Å². The van der Waals surface area contributed by atoms with E-state index in [2.05, 4.69) is 5.32 Å². The molecular weight excluding hydrogens is 249 g/mol. The van der Waals surface area contributed by atoms with Crippen molar-refractivity contribution in [1.29, 1.82) is 0 Å². The summed E-state index contributed by atoms with van der Waals surface area (Å²) in [5, 5.41) is 14.5. The van der Waals surface area contributed by atoms with E-state index in [0.717, 1.165) is 38.5 Å². The van der Waals surface area contributed by atoms with E-state index in [1.807, 2.05) is 4.90 Å². The Morgan fingerprint density at radius 1 is 1.42 bits per heavy atom. The molecule has 0 radical (unpaired) electrons. The first-order chi connectivity index (χ1) is 9.15. The first kappa shape index (κ1) is 12.3. The van der Waals surface area contributed by atoms with Crippen LogP contribution in [0.25, 0.3) is 0 Å². The van der Waals surface area contributed by atoms with Crippen molar-refractivity contribution in [3.05, 3.63) is 34.1 Å². The number of benzene rings is 1. The van der Waals surface area contributed by atoms with Crippen molar-refractivity contribution in [3.8, 4) is 0 Å². The summed E-state index contributed by atoms with van der Waals surface area (Å²) in [5.74, 6) is -0.0244. The zero-order chi connectivity index (χ0) is 13.4. The van der Waals surface area contributed by atoms with Crippen LogP contribution in [-0.2, 0) is 0 Å². The van der Waals surface area contributed by atoms with Crippen LogP contribution in [0.3, 0.4) is 0 Å². The molecule has 1 aromatic carbocycles. The van der Waals surface area contributed by atoms with Gasteiger partial charge in [-0.05, 0) is 37.4 Å². The van der Waals surface area contributed by atoms with Crippen molar-refractivity contribution in [2.45, 2.75) is 18.9 Å². The highest BCUT2D eigenvalue weighted by Gasteiger charge is 2.36. The highest BCUT2D eigenvalue weighted by Crippen LogP contribution is 2.34. The summed E-state index contributed by atoms with van der Waals surface area (Å²) >= 11 is 0. The molecule has 1 aromatic rings. The van der Waals surface area contributed by atoms with E-state index in [0.29, 0.717) is 17.6 Å². The summed E-state index contributed by atoms with van der Waals surface area (Å²) in [6, 6.07) is 4.21. The molecule has 0 unspecified atom stereocenters. The second kappa shape index (κ2) is 4.77. The lowest BCUT2D eigenvalue weighted by Crippen LogP contribution is -2.40. The molecule has 102 valence electrons. The Balaban J connectivity index is 1.88. The molecule has 3 rings (SSSR count). The maximum Gasteiger partial charge on any atom is 0.295 e. The first-order valence-electron chi connectivity index (χ1n) is 6.57. The van der Waals surface area contributed by atoms with Crippen LogP contribution in [0, 0.1) is 21.8 Å². The summed E-state index contributed by atoms with van der Waals surface area (Å²) in [7, 11) is 0. The predicted octanol–water partition coefficient (Wildman–Crippen LogP) is 1.92. The highest BCUT2D eigenvalue weighted by atomic mass is 19.1. The average molecular weight is 265 g/mol. The van der Waals surface area contributed by atoms with E-state index in [9.17, 15) is 14.5 Å². The molecule has 0 spiro atoms. The van der Waals surface area contributed by atoms with Crippen LogP contribution in [0.1, 0.15) is 12.8 Å². The van der Waals surface area contributed by atoms with Crippen molar-refractivity contribution in [2.75, 3.05) is 24.5 Å². The minimum absolute atomic E-state index is 0.140. The van der Waals surface area contributed by atoms with E-state index in [4.69, 9.17) is 0 Å². The molecule has 2 aliphatic heterocycles. The number of halogens is 1. The van der Waals surface area contributed by atoms with Crippen LogP contribution >= 0.6 is 0 Å². The molecule has 0 bridgehead atoms. The van der Waals surface area contributed by atoms with Gasteiger partial charge in [0.2, 0.25) is 0 Å². The van der Waals surface area contributed by atoms with Gasteiger partial charge in [-0.15, -0.1) is 0 Å². The summed E-state index contributed by atoms with van der Waals surface area (Å²) in [4.78, 5) is 12.5. The van der Waals surface area contributed by atoms with Gasteiger partial charge in [-0.3, -0.25) is 10.1 Å². The van der Waals surface area contributed by atoms with Gasteiger partial charge in [0.1, 0.15) is 11.5 Å². The lowest BCUT2D eigenvalue weighted by Gasteiger charge is -2.24. The molecule has 6 heteroatoms. The molecule has 0 aromatic heterocycles. The normalized spacial score (nSPS) is 26.3. The van der Waals surface area contributed by atoms with Crippen LogP contribution in [0.5, 0.6) is 0 Å². The fourth-order valence-electron chi connectivity index (χ4n) is 3.15. The Morgan fingerprint density at radius 2 is 2.26 bits per heavy atom. The van der Waals surface area contributed by atoms with Gasteiger partial charge in [-0.2, -0.15) is 0 Å². The first-order valence-corrected chi connectivity index (χ1v) is 6.57. The number of rotatable bonds is 2. The van der Waals surface area contributed by atoms with Crippen molar-refractivity contribution in [2.24, 2.45) is 5.92 Å². The topological polar surface area (TPSA) is 58.4 Å². The third-order valence-corrected chi connectivity index (χ3v) is 4.07. The molecule has 2 aliphatic rings. The Kier molecular flexibility index (Phi) is 3.10. The van der Waals surface area contributed by atoms with Crippen LogP contribution in [0.4, 0.5) is 15.8 Å². The van der Waals surface area contributed by atoms with Crippen molar-refractivity contribution < 1.29 is 9.31 Å². The molecule has 0 aliphatic carbocycles. The van der Waals surface area contributed by atoms with Gasteiger partial charge in [0.25, 0.3) is 5.69 Å². The molecule has 1 N–H and O–H groups in total. The lowest BCUT2D eigenvalue weighted by molar-refractivity contribution is -0.384. The summed E-state index contributed by atoms with van der Waals surface area (Å²) in [6.07, 6.45) is 2.31. The minimum atomic E-state index is -0.565.